The second-order valence-corrected chi connectivity index (χ2v) is 7.51. The predicted octanol–water partition coefficient (Wildman–Crippen LogP) is 4.27. The van der Waals surface area contributed by atoms with E-state index in [-0.39, 0.29) is 6.04 Å². The van der Waals surface area contributed by atoms with Crippen LogP contribution in [0.4, 0.5) is 0 Å². The van der Waals surface area contributed by atoms with Crippen molar-refractivity contribution in [2.75, 3.05) is 6.54 Å². The molecule has 18 heavy (non-hydrogen) atoms. The fourth-order valence-corrected chi connectivity index (χ4v) is 3.95. The Hall–Kier alpha value is 0.1000. The van der Waals surface area contributed by atoms with E-state index in [0.29, 0.717) is 18.0 Å². The Bertz CT molecular complexity index is 360. The lowest BCUT2D eigenvalue weighted by atomic mass is 10.0. The molecule has 0 bridgehead atoms. The largest absolute Gasteiger partial charge is 0.326 e. The van der Waals surface area contributed by atoms with Gasteiger partial charge in [-0.3, -0.25) is 4.90 Å². The molecule has 1 heterocycles. The van der Waals surface area contributed by atoms with Crippen molar-refractivity contribution in [3.8, 4) is 0 Å². The molecule has 0 saturated heterocycles. The molecule has 1 aromatic rings. The molecule has 4 heteroatoms. The summed E-state index contributed by atoms with van der Waals surface area (Å²) < 4.78 is 1.15. The number of nitrogens with two attached hydrogens (primary N) is 1. The number of thiophene rings is 1. The molecule has 2 nitrogen and oxygen atoms in total. The van der Waals surface area contributed by atoms with Crippen LogP contribution >= 0.6 is 27.3 Å². The van der Waals surface area contributed by atoms with Crippen molar-refractivity contribution < 1.29 is 0 Å². The van der Waals surface area contributed by atoms with E-state index in [9.17, 15) is 0 Å². The summed E-state index contributed by atoms with van der Waals surface area (Å²) in [4.78, 5) is 3.87. The van der Waals surface area contributed by atoms with Gasteiger partial charge in [-0.05, 0) is 48.7 Å². The molecular weight excluding hydrogens is 308 g/mol. The zero-order chi connectivity index (χ0) is 13.9. The van der Waals surface area contributed by atoms with Gasteiger partial charge < -0.3 is 5.73 Å². The quantitative estimate of drug-likeness (QED) is 0.842. The zero-order valence-electron chi connectivity index (χ0n) is 12.0. The molecule has 0 saturated carbocycles. The van der Waals surface area contributed by atoms with Gasteiger partial charge in [0.15, 0.2) is 0 Å². The van der Waals surface area contributed by atoms with Crippen molar-refractivity contribution in [3.05, 3.63) is 20.8 Å². The highest BCUT2D eigenvalue weighted by Gasteiger charge is 2.27. The third kappa shape index (κ3) is 4.34. The first-order chi connectivity index (χ1) is 8.32. The molecule has 0 radical (unpaired) electrons. The van der Waals surface area contributed by atoms with Gasteiger partial charge in [-0.15, -0.1) is 11.3 Å². The van der Waals surface area contributed by atoms with E-state index >= 15 is 0 Å². The lowest BCUT2D eigenvalue weighted by Gasteiger charge is -2.38. The summed E-state index contributed by atoms with van der Waals surface area (Å²) in [5, 5.41) is 2.14. The topological polar surface area (TPSA) is 29.3 Å². The SMILES string of the molecule is CC(C)CN(C(C)C)C(c1cc(Br)cs1)C(C)N. The molecule has 1 rings (SSSR count). The fraction of sp³-hybridized carbons (Fsp3) is 0.714. The summed E-state index contributed by atoms with van der Waals surface area (Å²) in [6.45, 7) is 12.2. The van der Waals surface area contributed by atoms with E-state index in [4.69, 9.17) is 5.73 Å². The third-order valence-corrected chi connectivity index (χ3v) is 4.74. The monoisotopic (exact) mass is 332 g/mol. The molecule has 0 amide bonds. The summed E-state index contributed by atoms with van der Waals surface area (Å²) in [7, 11) is 0. The molecular formula is C14H25BrN2S. The van der Waals surface area contributed by atoms with Crippen molar-refractivity contribution in [1.82, 2.24) is 4.90 Å². The van der Waals surface area contributed by atoms with Crippen LogP contribution < -0.4 is 5.73 Å². The smallest absolute Gasteiger partial charge is 0.0593 e. The number of nitrogens with zero attached hydrogens (tertiary/aromatic N) is 1. The normalized spacial score (nSPS) is 15.7. The Balaban J connectivity index is 3.01. The summed E-state index contributed by atoms with van der Waals surface area (Å²) >= 11 is 5.33. The minimum absolute atomic E-state index is 0.136. The number of hydrogen-bond donors (Lipinski definition) is 1. The number of halogens is 1. The Morgan fingerprint density at radius 2 is 1.89 bits per heavy atom. The predicted molar refractivity (Wildman–Crippen MR) is 85.1 cm³/mol. The summed E-state index contributed by atoms with van der Waals surface area (Å²) in [5.74, 6) is 0.650. The van der Waals surface area contributed by atoms with Crippen LogP contribution in [-0.2, 0) is 0 Å². The van der Waals surface area contributed by atoms with Crippen LogP contribution in [0.25, 0.3) is 0 Å². The Kier molecular flexibility index (Phi) is 6.31. The maximum atomic E-state index is 6.24. The highest BCUT2D eigenvalue weighted by atomic mass is 79.9. The molecule has 1 aromatic heterocycles. The minimum atomic E-state index is 0.136. The molecule has 0 spiro atoms. The summed E-state index contributed by atoms with van der Waals surface area (Å²) in [6, 6.07) is 3.15. The van der Waals surface area contributed by atoms with E-state index in [2.05, 4.69) is 66.9 Å². The molecule has 2 unspecified atom stereocenters. The average Bonchev–Trinajstić information content (AvgIpc) is 2.62. The molecule has 0 fully saturated rings. The maximum absolute atomic E-state index is 6.24. The number of hydrogen-bond acceptors (Lipinski definition) is 3. The van der Waals surface area contributed by atoms with Crippen LogP contribution in [0.2, 0.25) is 0 Å². The van der Waals surface area contributed by atoms with Gasteiger partial charge in [0.2, 0.25) is 0 Å². The highest BCUT2D eigenvalue weighted by molar-refractivity contribution is 9.10. The van der Waals surface area contributed by atoms with Gasteiger partial charge in [0.1, 0.15) is 0 Å². The van der Waals surface area contributed by atoms with E-state index in [1.165, 1.54) is 4.88 Å². The van der Waals surface area contributed by atoms with E-state index in [0.717, 1.165) is 11.0 Å². The van der Waals surface area contributed by atoms with E-state index in [1.807, 2.05) is 0 Å². The van der Waals surface area contributed by atoms with Crippen LogP contribution in [0.5, 0.6) is 0 Å². The molecule has 0 aliphatic rings. The van der Waals surface area contributed by atoms with Crippen LogP contribution in [-0.4, -0.2) is 23.5 Å². The maximum Gasteiger partial charge on any atom is 0.0593 e. The van der Waals surface area contributed by atoms with Crippen molar-refractivity contribution in [2.24, 2.45) is 11.7 Å². The van der Waals surface area contributed by atoms with E-state index < -0.39 is 0 Å². The molecule has 104 valence electrons. The third-order valence-electron chi connectivity index (χ3n) is 2.97. The van der Waals surface area contributed by atoms with Gasteiger partial charge in [-0.1, -0.05) is 13.8 Å². The Morgan fingerprint density at radius 1 is 1.28 bits per heavy atom. The minimum Gasteiger partial charge on any atom is -0.326 e. The van der Waals surface area contributed by atoms with Gasteiger partial charge in [-0.2, -0.15) is 0 Å². The first-order valence-corrected chi connectivity index (χ1v) is 8.25. The van der Waals surface area contributed by atoms with Crippen LogP contribution in [0.3, 0.4) is 0 Å². The molecule has 0 aromatic carbocycles. The molecule has 0 aliphatic carbocycles. The van der Waals surface area contributed by atoms with Crippen molar-refractivity contribution in [1.29, 1.82) is 0 Å². The van der Waals surface area contributed by atoms with Crippen molar-refractivity contribution in [3.63, 3.8) is 0 Å². The lowest BCUT2D eigenvalue weighted by molar-refractivity contribution is 0.121. The van der Waals surface area contributed by atoms with Crippen LogP contribution in [0.15, 0.2) is 15.9 Å². The fourth-order valence-electron chi connectivity index (χ4n) is 2.28. The zero-order valence-corrected chi connectivity index (χ0v) is 14.4. The van der Waals surface area contributed by atoms with Crippen LogP contribution in [0, 0.1) is 5.92 Å². The molecule has 0 aliphatic heterocycles. The first kappa shape index (κ1) is 16.2. The molecule has 2 N–H and O–H groups in total. The highest BCUT2D eigenvalue weighted by Crippen LogP contribution is 2.33. The van der Waals surface area contributed by atoms with Crippen LogP contribution in [0.1, 0.15) is 45.5 Å². The van der Waals surface area contributed by atoms with Gasteiger partial charge >= 0.3 is 0 Å². The van der Waals surface area contributed by atoms with Gasteiger partial charge in [0, 0.05) is 33.4 Å². The Labute approximate surface area is 124 Å². The number of rotatable bonds is 6. The average molecular weight is 333 g/mol. The van der Waals surface area contributed by atoms with Gasteiger partial charge in [0.25, 0.3) is 0 Å². The first-order valence-electron chi connectivity index (χ1n) is 6.58. The van der Waals surface area contributed by atoms with Gasteiger partial charge in [-0.25, -0.2) is 0 Å². The van der Waals surface area contributed by atoms with E-state index in [1.54, 1.807) is 11.3 Å². The lowest BCUT2D eigenvalue weighted by Crippen LogP contribution is -2.44. The van der Waals surface area contributed by atoms with Crippen molar-refractivity contribution in [2.45, 2.75) is 52.7 Å². The standard InChI is InChI=1S/C14H25BrN2S/c1-9(2)7-17(10(3)4)14(11(5)16)13-6-12(15)8-18-13/h6,8-11,14H,7,16H2,1-5H3. The summed E-state index contributed by atoms with van der Waals surface area (Å²) in [5.41, 5.74) is 6.24. The Morgan fingerprint density at radius 3 is 2.22 bits per heavy atom. The second-order valence-electron chi connectivity index (χ2n) is 5.66. The second kappa shape index (κ2) is 7.04. The van der Waals surface area contributed by atoms with Gasteiger partial charge in [0.05, 0.1) is 6.04 Å². The summed E-state index contributed by atoms with van der Waals surface area (Å²) in [6.07, 6.45) is 0. The van der Waals surface area contributed by atoms with Crippen molar-refractivity contribution >= 4 is 27.3 Å². The molecule has 2 atom stereocenters.